The summed E-state index contributed by atoms with van der Waals surface area (Å²) in [6, 6.07) is 4.63. The van der Waals surface area contributed by atoms with Gasteiger partial charge in [-0.15, -0.1) is 0 Å². The molecule has 0 atom stereocenters. The van der Waals surface area contributed by atoms with Crippen molar-refractivity contribution in [1.82, 2.24) is 9.36 Å². The molecular weight excluding hydrogens is 261 g/mol. The molecule has 90 valence electrons. The van der Waals surface area contributed by atoms with Crippen molar-refractivity contribution in [2.45, 2.75) is 13.3 Å². The Bertz CT molecular complexity index is 495. The minimum atomic E-state index is -0.322. The Morgan fingerprint density at radius 3 is 3.00 bits per heavy atom. The van der Waals surface area contributed by atoms with Crippen molar-refractivity contribution in [1.29, 1.82) is 0 Å². The van der Waals surface area contributed by atoms with E-state index >= 15 is 0 Å². The monoisotopic (exact) mass is 271 g/mol. The van der Waals surface area contributed by atoms with Crippen LogP contribution < -0.4 is 5.32 Å². The number of nitrogens with zero attached hydrogens (tertiary/aromatic N) is 2. The highest BCUT2D eigenvalue weighted by Gasteiger charge is 2.11. The number of halogens is 2. The van der Waals surface area contributed by atoms with E-state index in [2.05, 4.69) is 14.7 Å². The minimum absolute atomic E-state index is 0.313. The van der Waals surface area contributed by atoms with E-state index in [9.17, 15) is 4.39 Å². The van der Waals surface area contributed by atoms with Crippen LogP contribution >= 0.6 is 23.1 Å². The van der Waals surface area contributed by atoms with Crippen molar-refractivity contribution in [2.75, 3.05) is 11.9 Å². The highest BCUT2D eigenvalue weighted by Crippen LogP contribution is 2.22. The summed E-state index contributed by atoms with van der Waals surface area (Å²) in [4.78, 5) is 4.25. The highest BCUT2D eigenvalue weighted by molar-refractivity contribution is 7.09. The van der Waals surface area contributed by atoms with E-state index in [4.69, 9.17) is 11.6 Å². The number of hydrogen-bond donors (Lipinski definition) is 1. The minimum Gasteiger partial charge on any atom is -0.361 e. The molecule has 6 heteroatoms. The molecule has 0 aliphatic heterocycles. The first-order chi connectivity index (χ1) is 8.20. The summed E-state index contributed by atoms with van der Waals surface area (Å²) >= 11 is 7.21. The van der Waals surface area contributed by atoms with Gasteiger partial charge in [0.1, 0.15) is 11.6 Å². The van der Waals surface area contributed by atoms with Crippen molar-refractivity contribution in [3.8, 4) is 0 Å². The van der Waals surface area contributed by atoms with Crippen molar-refractivity contribution in [3.05, 3.63) is 40.4 Å². The van der Waals surface area contributed by atoms with Gasteiger partial charge in [0.25, 0.3) is 0 Å². The third kappa shape index (κ3) is 2.92. The van der Waals surface area contributed by atoms with Crippen molar-refractivity contribution >= 4 is 28.3 Å². The molecule has 2 aromatic rings. The van der Waals surface area contributed by atoms with Gasteiger partial charge in [0.05, 0.1) is 0 Å². The summed E-state index contributed by atoms with van der Waals surface area (Å²) in [5.41, 5.74) is 0.440. The molecule has 0 spiro atoms. The number of anilines is 1. The Morgan fingerprint density at radius 2 is 2.29 bits per heavy atom. The van der Waals surface area contributed by atoms with Crippen LogP contribution in [0.1, 0.15) is 18.3 Å². The fourth-order valence-corrected chi connectivity index (χ4v) is 2.29. The molecule has 0 saturated heterocycles. The van der Waals surface area contributed by atoms with Crippen LogP contribution in [0.3, 0.4) is 0 Å². The molecule has 1 heterocycles. The van der Waals surface area contributed by atoms with Gasteiger partial charge in [0.2, 0.25) is 5.13 Å². The van der Waals surface area contributed by atoms with Gasteiger partial charge in [-0.3, -0.25) is 0 Å². The molecular formula is C11H11ClFN3S. The lowest BCUT2D eigenvalue weighted by Crippen LogP contribution is -1.98. The van der Waals surface area contributed by atoms with Gasteiger partial charge in [-0.1, -0.05) is 17.7 Å². The second-order valence-corrected chi connectivity index (χ2v) is 4.58. The number of hydrogen-bond acceptors (Lipinski definition) is 4. The van der Waals surface area contributed by atoms with Gasteiger partial charge in [0, 0.05) is 35.1 Å². The van der Waals surface area contributed by atoms with E-state index in [0.29, 0.717) is 22.8 Å². The summed E-state index contributed by atoms with van der Waals surface area (Å²) in [6.07, 6.45) is 0.313. The molecule has 2 rings (SSSR count). The van der Waals surface area contributed by atoms with E-state index in [1.165, 1.54) is 17.6 Å². The van der Waals surface area contributed by atoms with Crippen LogP contribution in [0.2, 0.25) is 5.02 Å². The highest BCUT2D eigenvalue weighted by atomic mass is 35.5. The Hall–Kier alpha value is -1.20. The third-order valence-corrected chi connectivity index (χ3v) is 3.26. The average Bonchev–Trinajstić information content (AvgIpc) is 2.72. The van der Waals surface area contributed by atoms with Gasteiger partial charge in [-0.2, -0.15) is 4.37 Å². The van der Waals surface area contributed by atoms with E-state index in [1.54, 1.807) is 12.1 Å². The van der Waals surface area contributed by atoms with Gasteiger partial charge in [-0.05, 0) is 19.1 Å². The van der Waals surface area contributed by atoms with Gasteiger partial charge in [0.15, 0.2) is 0 Å². The summed E-state index contributed by atoms with van der Waals surface area (Å²) in [7, 11) is 0. The first-order valence-electron chi connectivity index (χ1n) is 5.20. The lowest BCUT2D eigenvalue weighted by molar-refractivity contribution is 0.612. The number of rotatable bonds is 4. The number of benzene rings is 1. The molecule has 1 aromatic carbocycles. The van der Waals surface area contributed by atoms with Crippen LogP contribution in [0.5, 0.6) is 0 Å². The summed E-state index contributed by atoms with van der Waals surface area (Å²) in [5.74, 6) is 0.259. The Kier molecular flexibility index (Phi) is 3.91. The van der Waals surface area contributed by atoms with Crippen LogP contribution in [0.4, 0.5) is 9.52 Å². The molecule has 0 radical (unpaired) electrons. The zero-order chi connectivity index (χ0) is 12.3. The Balaban J connectivity index is 2.19. The standard InChI is InChI=1S/C11H11ClFN3S/c1-2-14-11-15-10(16-17-11)6-7-8(12)4-3-5-9(7)13/h3-5H,2,6H2,1H3,(H,14,15,16). The van der Waals surface area contributed by atoms with Crippen LogP contribution in [-0.4, -0.2) is 15.9 Å². The molecule has 0 fully saturated rings. The molecule has 17 heavy (non-hydrogen) atoms. The van der Waals surface area contributed by atoms with Crippen LogP contribution in [0.25, 0.3) is 0 Å². The maximum Gasteiger partial charge on any atom is 0.202 e. The largest absolute Gasteiger partial charge is 0.361 e. The maximum atomic E-state index is 13.5. The molecule has 0 bridgehead atoms. The molecule has 0 unspecified atom stereocenters. The maximum absolute atomic E-state index is 13.5. The summed E-state index contributed by atoms with van der Waals surface area (Å²) in [6.45, 7) is 2.77. The summed E-state index contributed by atoms with van der Waals surface area (Å²) < 4.78 is 17.7. The van der Waals surface area contributed by atoms with E-state index < -0.39 is 0 Å². The van der Waals surface area contributed by atoms with E-state index in [-0.39, 0.29) is 5.82 Å². The molecule has 0 aliphatic carbocycles. The second-order valence-electron chi connectivity index (χ2n) is 3.42. The van der Waals surface area contributed by atoms with Gasteiger partial charge >= 0.3 is 0 Å². The Morgan fingerprint density at radius 1 is 1.47 bits per heavy atom. The van der Waals surface area contributed by atoms with Crippen LogP contribution in [0, 0.1) is 5.82 Å². The molecule has 0 amide bonds. The third-order valence-electron chi connectivity index (χ3n) is 2.19. The fourth-order valence-electron chi connectivity index (χ4n) is 1.41. The fraction of sp³-hybridized carbons (Fsp3) is 0.273. The van der Waals surface area contributed by atoms with E-state index in [1.807, 2.05) is 6.92 Å². The lowest BCUT2D eigenvalue weighted by atomic mass is 10.1. The molecule has 0 saturated carbocycles. The lowest BCUT2D eigenvalue weighted by Gasteiger charge is -2.02. The first kappa shape index (κ1) is 12.3. The quantitative estimate of drug-likeness (QED) is 0.927. The van der Waals surface area contributed by atoms with Crippen molar-refractivity contribution in [2.24, 2.45) is 0 Å². The predicted molar refractivity (Wildman–Crippen MR) is 68.3 cm³/mol. The van der Waals surface area contributed by atoms with Crippen molar-refractivity contribution in [3.63, 3.8) is 0 Å². The predicted octanol–water partition coefficient (Wildman–Crippen LogP) is 3.35. The number of nitrogens with one attached hydrogen (secondary N) is 1. The topological polar surface area (TPSA) is 37.8 Å². The zero-order valence-electron chi connectivity index (χ0n) is 9.20. The summed E-state index contributed by atoms with van der Waals surface area (Å²) in [5, 5.41) is 4.21. The SMILES string of the molecule is CCNc1nc(Cc2c(F)cccc2Cl)ns1. The molecule has 3 nitrogen and oxygen atoms in total. The zero-order valence-corrected chi connectivity index (χ0v) is 10.8. The normalized spacial score (nSPS) is 10.5. The first-order valence-corrected chi connectivity index (χ1v) is 6.35. The Labute approximate surface area is 108 Å². The van der Waals surface area contributed by atoms with E-state index in [0.717, 1.165) is 11.7 Å². The molecule has 1 aromatic heterocycles. The smallest absolute Gasteiger partial charge is 0.202 e. The second kappa shape index (κ2) is 5.42. The van der Waals surface area contributed by atoms with Crippen LogP contribution in [-0.2, 0) is 6.42 Å². The average molecular weight is 272 g/mol. The molecule has 1 N–H and O–H groups in total. The van der Waals surface area contributed by atoms with Crippen LogP contribution in [0.15, 0.2) is 18.2 Å². The van der Waals surface area contributed by atoms with Gasteiger partial charge < -0.3 is 5.32 Å². The van der Waals surface area contributed by atoms with Gasteiger partial charge in [-0.25, -0.2) is 9.37 Å². The number of aromatic nitrogens is 2. The van der Waals surface area contributed by atoms with Crippen molar-refractivity contribution < 1.29 is 4.39 Å². The molecule has 0 aliphatic rings.